The number of thioether (sulfide) groups is 1. The zero-order chi connectivity index (χ0) is 11.4. The summed E-state index contributed by atoms with van der Waals surface area (Å²) in [4.78, 5) is 13.6. The Morgan fingerprint density at radius 1 is 1.67 bits per heavy atom. The lowest BCUT2D eigenvalue weighted by Crippen LogP contribution is -2.42. The van der Waals surface area contributed by atoms with E-state index >= 15 is 0 Å². The van der Waals surface area contributed by atoms with E-state index in [9.17, 15) is 4.79 Å². The highest BCUT2D eigenvalue weighted by atomic mass is 32.2. The molecular formula is C11H22N2OS. The second-order valence-electron chi connectivity index (χ2n) is 4.58. The van der Waals surface area contributed by atoms with E-state index in [1.165, 1.54) is 6.42 Å². The number of likely N-dealkylation sites (N-methyl/N-ethyl adjacent to an activating group) is 1. The van der Waals surface area contributed by atoms with Gasteiger partial charge in [-0.25, -0.2) is 0 Å². The lowest BCUT2D eigenvalue weighted by molar-refractivity contribution is -0.131. The largest absolute Gasteiger partial charge is 0.344 e. The Morgan fingerprint density at radius 3 is 2.73 bits per heavy atom. The molecule has 0 bridgehead atoms. The third-order valence-corrected chi connectivity index (χ3v) is 3.75. The van der Waals surface area contributed by atoms with Crippen LogP contribution in [-0.4, -0.2) is 42.4 Å². The van der Waals surface area contributed by atoms with Gasteiger partial charge in [0.1, 0.15) is 0 Å². The van der Waals surface area contributed by atoms with Crippen molar-refractivity contribution in [2.24, 2.45) is 17.6 Å². The quantitative estimate of drug-likeness (QED) is 0.745. The number of hydrogen-bond acceptors (Lipinski definition) is 3. The van der Waals surface area contributed by atoms with Crippen LogP contribution in [0, 0.1) is 11.8 Å². The summed E-state index contributed by atoms with van der Waals surface area (Å²) in [5.74, 6) is 2.57. The molecule has 2 N–H and O–H groups in total. The van der Waals surface area contributed by atoms with Crippen molar-refractivity contribution in [1.82, 2.24) is 4.90 Å². The highest BCUT2D eigenvalue weighted by Gasteiger charge is 2.34. The molecule has 88 valence electrons. The summed E-state index contributed by atoms with van der Waals surface area (Å²) in [6, 6.07) is -0.309. The third kappa shape index (κ3) is 4.03. The Kier molecular flexibility index (Phi) is 4.93. The van der Waals surface area contributed by atoms with E-state index in [2.05, 4.69) is 6.92 Å². The van der Waals surface area contributed by atoms with Gasteiger partial charge in [-0.15, -0.1) is 0 Å². The number of rotatable bonds is 6. The van der Waals surface area contributed by atoms with Crippen LogP contribution in [0.25, 0.3) is 0 Å². The Hall–Kier alpha value is -0.220. The minimum atomic E-state index is -0.309. The molecule has 4 heteroatoms. The fourth-order valence-electron chi connectivity index (χ4n) is 1.75. The van der Waals surface area contributed by atoms with E-state index in [1.54, 1.807) is 16.7 Å². The number of nitrogens with zero attached hydrogens (tertiary/aromatic N) is 1. The molecule has 1 fully saturated rings. The van der Waals surface area contributed by atoms with Crippen LogP contribution in [0.4, 0.5) is 0 Å². The molecule has 1 rings (SSSR count). The standard InChI is InChI=1S/C11H22N2OS/c1-8-6-9(8)7-13(2)11(14)10(12)4-5-15-3/h8-10H,4-7,12H2,1-3H3/t8?,9?,10-/m1/s1. The lowest BCUT2D eigenvalue weighted by Gasteiger charge is -2.21. The van der Waals surface area contributed by atoms with Gasteiger partial charge in [-0.3, -0.25) is 4.79 Å². The van der Waals surface area contributed by atoms with E-state index in [0.29, 0.717) is 5.92 Å². The van der Waals surface area contributed by atoms with Gasteiger partial charge in [0.05, 0.1) is 6.04 Å². The predicted octanol–water partition coefficient (Wildman–Crippen LogP) is 1.18. The third-order valence-electron chi connectivity index (χ3n) is 3.11. The van der Waals surface area contributed by atoms with E-state index in [0.717, 1.165) is 24.6 Å². The molecule has 0 radical (unpaired) electrons. The van der Waals surface area contributed by atoms with Crippen molar-refractivity contribution >= 4 is 17.7 Å². The first-order valence-corrected chi connectivity index (χ1v) is 6.95. The average Bonchev–Trinajstić information content (AvgIpc) is 2.89. The molecule has 1 aliphatic rings. The van der Waals surface area contributed by atoms with Gasteiger partial charge in [-0.1, -0.05) is 6.92 Å². The molecule has 0 saturated heterocycles. The minimum absolute atomic E-state index is 0.100. The van der Waals surface area contributed by atoms with Gasteiger partial charge in [-0.05, 0) is 36.7 Å². The summed E-state index contributed by atoms with van der Waals surface area (Å²) in [6.07, 6.45) is 4.08. The Morgan fingerprint density at radius 2 is 2.27 bits per heavy atom. The Labute approximate surface area is 96.8 Å². The van der Waals surface area contributed by atoms with Crippen molar-refractivity contribution in [2.45, 2.75) is 25.8 Å². The first-order chi connectivity index (χ1) is 7.06. The van der Waals surface area contributed by atoms with Crippen LogP contribution in [0.5, 0.6) is 0 Å². The SMILES string of the molecule is CSCC[C@@H](N)C(=O)N(C)CC1CC1C. The molecule has 0 spiro atoms. The maximum atomic E-state index is 11.8. The lowest BCUT2D eigenvalue weighted by atomic mass is 10.2. The molecule has 0 aliphatic heterocycles. The molecule has 1 saturated carbocycles. The molecule has 0 aromatic carbocycles. The number of carbonyl (C=O) groups excluding carboxylic acids is 1. The summed E-state index contributed by atoms with van der Waals surface area (Å²) in [5.41, 5.74) is 5.83. The molecule has 3 nitrogen and oxygen atoms in total. The molecule has 1 aliphatic carbocycles. The Bertz CT molecular complexity index is 223. The van der Waals surface area contributed by atoms with Gasteiger partial charge >= 0.3 is 0 Å². The maximum absolute atomic E-state index is 11.8. The van der Waals surface area contributed by atoms with Gasteiger partial charge in [0.15, 0.2) is 0 Å². The predicted molar refractivity (Wildman–Crippen MR) is 65.9 cm³/mol. The van der Waals surface area contributed by atoms with Crippen LogP contribution in [-0.2, 0) is 4.79 Å². The van der Waals surface area contributed by atoms with Gasteiger partial charge < -0.3 is 10.6 Å². The number of amides is 1. The van der Waals surface area contributed by atoms with Crippen molar-refractivity contribution in [3.63, 3.8) is 0 Å². The van der Waals surface area contributed by atoms with Crippen LogP contribution in [0.15, 0.2) is 0 Å². The van der Waals surface area contributed by atoms with Gasteiger partial charge in [0.25, 0.3) is 0 Å². The number of nitrogens with two attached hydrogens (primary N) is 1. The fourth-order valence-corrected chi connectivity index (χ4v) is 2.24. The average molecular weight is 230 g/mol. The second kappa shape index (κ2) is 5.75. The molecule has 1 amide bonds. The zero-order valence-electron chi connectivity index (χ0n) is 9.90. The summed E-state index contributed by atoms with van der Waals surface area (Å²) in [6.45, 7) is 3.11. The zero-order valence-corrected chi connectivity index (χ0v) is 10.7. The van der Waals surface area contributed by atoms with Crippen LogP contribution >= 0.6 is 11.8 Å². The molecular weight excluding hydrogens is 208 g/mol. The maximum Gasteiger partial charge on any atom is 0.239 e. The van der Waals surface area contributed by atoms with E-state index in [1.807, 2.05) is 13.3 Å². The minimum Gasteiger partial charge on any atom is -0.344 e. The first kappa shape index (κ1) is 12.8. The molecule has 0 aromatic rings. The van der Waals surface area contributed by atoms with Crippen LogP contribution in [0.3, 0.4) is 0 Å². The van der Waals surface area contributed by atoms with Gasteiger partial charge in [0.2, 0.25) is 5.91 Å². The number of carbonyl (C=O) groups is 1. The highest BCUT2D eigenvalue weighted by molar-refractivity contribution is 7.98. The van der Waals surface area contributed by atoms with E-state index in [4.69, 9.17) is 5.73 Å². The molecule has 0 heterocycles. The van der Waals surface area contributed by atoms with Crippen LogP contribution < -0.4 is 5.73 Å². The monoisotopic (exact) mass is 230 g/mol. The van der Waals surface area contributed by atoms with Crippen molar-refractivity contribution in [2.75, 3.05) is 25.6 Å². The molecule has 0 aromatic heterocycles. The summed E-state index contributed by atoms with van der Waals surface area (Å²) in [5, 5.41) is 0. The van der Waals surface area contributed by atoms with Gasteiger partial charge in [0, 0.05) is 13.6 Å². The molecule has 15 heavy (non-hydrogen) atoms. The molecule has 2 unspecified atom stereocenters. The van der Waals surface area contributed by atoms with E-state index < -0.39 is 0 Å². The Balaban J connectivity index is 2.24. The van der Waals surface area contributed by atoms with Gasteiger partial charge in [-0.2, -0.15) is 11.8 Å². The summed E-state index contributed by atoms with van der Waals surface area (Å²) >= 11 is 1.73. The second-order valence-corrected chi connectivity index (χ2v) is 5.57. The highest BCUT2D eigenvalue weighted by Crippen LogP contribution is 2.37. The van der Waals surface area contributed by atoms with Crippen molar-refractivity contribution < 1.29 is 4.79 Å². The van der Waals surface area contributed by atoms with Crippen LogP contribution in [0.1, 0.15) is 19.8 Å². The summed E-state index contributed by atoms with van der Waals surface area (Å²) in [7, 11) is 1.87. The van der Waals surface area contributed by atoms with Crippen molar-refractivity contribution in [1.29, 1.82) is 0 Å². The first-order valence-electron chi connectivity index (χ1n) is 5.55. The smallest absolute Gasteiger partial charge is 0.239 e. The molecule has 3 atom stereocenters. The van der Waals surface area contributed by atoms with E-state index in [-0.39, 0.29) is 11.9 Å². The van der Waals surface area contributed by atoms with Crippen molar-refractivity contribution in [3.05, 3.63) is 0 Å². The fraction of sp³-hybridized carbons (Fsp3) is 0.909. The topological polar surface area (TPSA) is 46.3 Å². The normalized spacial score (nSPS) is 26.1. The summed E-state index contributed by atoms with van der Waals surface area (Å²) < 4.78 is 0. The van der Waals surface area contributed by atoms with Crippen LogP contribution in [0.2, 0.25) is 0 Å². The number of hydrogen-bond donors (Lipinski definition) is 1. The van der Waals surface area contributed by atoms with Crippen molar-refractivity contribution in [3.8, 4) is 0 Å².